The summed E-state index contributed by atoms with van der Waals surface area (Å²) < 4.78 is 48.6. The minimum absolute atomic E-state index is 0.119. The first-order valence-corrected chi connectivity index (χ1v) is 7.40. The van der Waals surface area contributed by atoms with Crippen LogP contribution in [0.1, 0.15) is 11.1 Å². The van der Waals surface area contributed by atoms with Crippen LogP contribution in [0.25, 0.3) is 0 Å². The van der Waals surface area contributed by atoms with E-state index in [1.54, 1.807) is 6.26 Å². The van der Waals surface area contributed by atoms with E-state index in [4.69, 9.17) is 18.0 Å². The molecular formula is C11H13F3N2OS2. The molecule has 0 saturated heterocycles. The normalized spacial score (nSPS) is 13.1. The predicted octanol–water partition coefficient (Wildman–Crippen LogP) is 2.13. The first-order valence-electron chi connectivity index (χ1n) is 5.26. The predicted molar refractivity (Wildman–Crippen MR) is 74.8 cm³/mol. The van der Waals surface area contributed by atoms with E-state index in [0.29, 0.717) is 18.0 Å². The van der Waals surface area contributed by atoms with E-state index in [1.807, 2.05) is 0 Å². The zero-order valence-corrected chi connectivity index (χ0v) is 11.7. The second-order valence-electron chi connectivity index (χ2n) is 3.83. The van der Waals surface area contributed by atoms with E-state index in [9.17, 15) is 17.4 Å². The fourth-order valence-electron chi connectivity index (χ4n) is 1.41. The number of anilines is 1. The summed E-state index contributed by atoms with van der Waals surface area (Å²) in [6.07, 6.45) is -2.90. The molecule has 0 aliphatic heterocycles. The molecule has 1 rings (SSSR count). The summed E-state index contributed by atoms with van der Waals surface area (Å²) in [6, 6.07) is 3.14. The lowest BCUT2D eigenvalue weighted by Crippen LogP contribution is -2.17. The van der Waals surface area contributed by atoms with Gasteiger partial charge in [0.15, 0.2) is 0 Å². The van der Waals surface area contributed by atoms with Crippen molar-refractivity contribution in [2.24, 2.45) is 5.73 Å². The van der Waals surface area contributed by atoms with Gasteiger partial charge in [-0.2, -0.15) is 13.2 Å². The molecule has 1 aromatic carbocycles. The van der Waals surface area contributed by atoms with Crippen molar-refractivity contribution in [3.63, 3.8) is 0 Å². The van der Waals surface area contributed by atoms with Crippen LogP contribution in [0.15, 0.2) is 18.2 Å². The van der Waals surface area contributed by atoms with Gasteiger partial charge in [-0.3, -0.25) is 4.21 Å². The molecule has 0 aromatic heterocycles. The van der Waals surface area contributed by atoms with Crippen molar-refractivity contribution in [1.82, 2.24) is 0 Å². The van der Waals surface area contributed by atoms with E-state index in [2.05, 4.69) is 5.32 Å². The Balaban J connectivity index is 2.99. The summed E-state index contributed by atoms with van der Waals surface area (Å²) in [5.41, 5.74) is 5.16. The molecule has 0 amide bonds. The first kappa shape index (κ1) is 15.9. The summed E-state index contributed by atoms with van der Waals surface area (Å²) in [4.78, 5) is -0.119. The van der Waals surface area contributed by atoms with Crippen LogP contribution in [0.4, 0.5) is 18.9 Å². The van der Waals surface area contributed by atoms with Crippen LogP contribution >= 0.6 is 12.2 Å². The zero-order valence-electron chi connectivity index (χ0n) is 10.1. The number of hydrogen-bond donors (Lipinski definition) is 2. The van der Waals surface area contributed by atoms with Crippen molar-refractivity contribution >= 4 is 33.7 Å². The van der Waals surface area contributed by atoms with Gasteiger partial charge in [0.25, 0.3) is 0 Å². The standard InChI is InChI=1S/C11H13F3N2OS2/c1-19(17)5-4-16-9-3-2-7(11(12,13)14)6-8(9)10(15)18/h2-3,6,16H,4-5H2,1H3,(H2,15,18). The van der Waals surface area contributed by atoms with Gasteiger partial charge < -0.3 is 11.1 Å². The van der Waals surface area contributed by atoms with Gasteiger partial charge in [0, 0.05) is 40.6 Å². The van der Waals surface area contributed by atoms with Crippen LogP contribution in [0, 0.1) is 0 Å². The maximum atomic E-state index is 12.6. The SMILES string of the molecule is CS(=O)CCNc1ccc(C(F)(F)F)cc1C(N)=S. The van der Waals surface area contributed by atoms with E-state index in [1.165, 1.54) is 6.07 Å². The van der Waals surface area contributed by atoms with Gasteiger partial charge in [0.05, 0.1) is 5.56 Å². The molecule has 0 radical (unpaired) electrons. The highest BCUT2D eigenvalue weighted by Crippen LogP contribution is 2.31. The van der Waals surface area contributed by atoms with Crippen LogP contribution in [0.3, 0.4) is 0 Å². The first-order chi connectivity index (χ1) is 8.71. The Kier molecular flexibility index (Phi) is 5.30. The number of nitrogens with one attached hydrogen (secondary N) is 1. The maximum absolute atomic E-state index is 12.6. The fraction of sp³-hybridized carbons (Fsp3) is 0.364. The summed E-state index contributed by atoms with van der Waals surface area (Å²) in [5, 5.41) is 2.88. The summed E-state index contributed by atoms with van der Waals surface area (Å²) in [5.74, 6) is 0.387. The molecule has 106 valence electrons. The van der Waals surface area contributed by atoms with Crippen molar-refractivity contribution in [3.8, 4) is 0 Å². The molecule has 0 heterocycles. The van der Waals surface area contributed by atoms with Crippen LogP contribution in [-0.2, 0) is 17.0 Å². The minimum atomic E-state index is -4.44. The molecular weight excluding hydrogens is 297 g/mol. The van der Waals surface area contributed by atoms with Gasteiger partial charge in [-0.25, -0.2) is 0 Å². The van der Waals surface area contributed by atoms with Crippen LogP contribution in [0.2, 0.25) is 0 Å². The number of nitrogens with two attached hydrogens (primary N) is 1. The lowest BCUT2D eigenvalue weighted by molar-refractivity contribution is -0.137. The number of benzene rings is 1. The molecule has 0 saturated carbocycles. The van der Waals surface area contributed by atoms with Crippen molar-refractivity contribution in [3.05, 3.63) is 29.3 Å². The van der Waals surface area contributed by atoms with Gasteiger partial charge >= 0.3 is 6.18 Å². The van der Waals surface area contributed by atoms with Crippen molar-refractivity contribution in [1.29, 1.82) is 0 Å². The highest BCUT2D eigenvalue weighted by Gasteiger charge is 2.31. The van der Waals surface area contributed by atoms with Gasteiger partial charge in [-0.15, -0.1) is 0 Å². The molecule has 0 fully saturated rings. The van der Waals surface area contributed by atoms with Crippen molar-refractivity contribution in [2.45, 2.75) is 6.18 Å². The van der Waals surface area contributed by atoms with Crippen LogP contribution in [0.5, 0.6) is 0 Å². The Labute approximate surface area is 116 Å². The van der Waals surface area contributed by atoms with Gasteiger partial charge in [0.1, 0.15) is 4.99 Å². The summed E-state index contributed by atoms with van der Waals surface area (Å²) >= 11 is 4.74. The third-order valence-electron chi connectivity index (χ3n) is 2.32. The Bertz CT molecular complexity index is 503. The zero-order chi connectivity index (χ0) is 14.6. The molecule has 8 heteroatoms. The third-order valence-corrected chi connectivity index (χ3v) is 3.32. The lowest BCUT2D eigenvalue weighted by atomic mass is 10.1. The molecule has 0 aliphatic rings. The molecule has 3 N–H and O–H groups in total. The summed E-state index contributed by atoms with van der Waals surface area (Å²) in [7, 11) is -0.982. The quantitative estimate of drug-likeness (QED) is 0.818. The molecule has 19 heavy (non-hydrogen) atoms. The monoisotopic (exact) mass is 310 g/mol. The molecule has 0 aliphatic carbocycles. The number of rotatable bonds is 5. The van der Waals surface area contributed by atoms with E-state index >= 15 is 0 Å². The van der Waals surface area contributed by atoms with Gasteiger partial charge in [0.2, 0.25) is 0 Å². The Hall–Kier alpha value is -1.15. The van der Waals surface area contributed by atoms with Gasteiger partial charge in [-0.05, 0) is 18.2 Å². The molecule has 3 nitrogen and oxygen atoms in total. The molecule has 1 aromatic rings. The Morgan fingerprint density at radius 3 is 2.58 bits per heavy atom. The molecule has 0 bridgehead atoms. The van der Waals surface area contributed by atoms with Crippen LogP contribution < -0.4 is 11.1 Å². The Morgan fingerprint density at radius 1 is 1.47 bits per heavy atom. The van der Waals surface area contributed by atoms with Crippen molar-refractivity contribution < 1.29 is 17.4 Å². The number of thiocarbonyl (C=S) groups is 1. The maximum Gasteiger partial charge on any atom is 0.416 e. The average Bonchev–Trinajstić information content (AvgIpc) is 2.27. The largest absolute Gasteiger partial charge is 0.416 e. The molecule has 1 unspecified atom stereocenters. The topological polar surface area (TPSA) is 55.1 Å². The highest BCUT2D eigenvalue weighted by molar-refractivity contribution is 7.84. The third kappa shape index (κ3) is 4.79. The fourth-order valence-corrected chi connectivity index (χ4v) is 1.97. The van der Waals surface area contributed by atoms with Crippen LogP contribution in [-0.4, -0.2) is 27.8 Å². The lowest BCUT2D eigenvalue weighted by Gasteiger charge is -2.14. The minimum Gasteiger partial charge on any atom is -0.389 e. The number of alkyl halides is 3. The van der Waals surface area contributed by atoms with Crippen molar-refractivity contribution in [2.75, 3.05) is 23.9 Å². The molecule has 1 atom stereocenters. The smallest absolute Gasteiger partial charge is 0.389 e. The number of halogens is 3. The highest BCUT2D eigenvalue weighted by atomic mass is 32.2. The number of hydrogen-bond acceptors (Lipinski definition) is 3. The second kappa shape index (κ2) is 6.33. The summed E-state index contributed by atoms with van der Waals surface area (Å²) in [6.45, 7) is 0.365. The second-order valence-corrected chi connectivity index (χ2v) is 5.82. The Morgan fingerprint density at radius 2 is 2.11 bits per heavy atom. The van der Waals surface area contributed by atoms with E-state index in [-0.39, 0.29) is 10.6 Å². The van der Waals surface area contributed by atoms with E-state index in [0.717, 1.165) is 12.1 Å². The molecule has 0 spiro atoms. The van der Waals surface area contributed by atoms with Gasteiger partial charge in [-0.1, -0.05) is 12.2 Å². The average molecular weight is 310 g/mol. The van der Waals surface area contributed by atoms with E-state index < -0.39 is 22.5 Å².